The summed E-state index contributed by atoms with van der Waals surface area (Å²) in [6.07, 6.45) is 0. The van der Waals surface area contributed by atoms with Gasteiger partial charge in [-0.05, 0) is 0 Å². The molecule has 0 heterocycles. The van der Waals surface area contributed by atoms with E-state index >= 15 is 0 Å². The summed E-state index contributed by atoms with van der Waals surface area (Å²) in [7, 11) is 0. The molecule has 0 aromatic heterocycles. The molecule has 9 heavy (non-hydrogen) atoms. The van der Waals surface area contributed by atoms with Crippen LogP contribution >= 0.6 is 0 Å². The third-order valence-corrected chi connectivity index (χ3v) is 0.945. The molecule has 5 heteroatoms. The SMILES string of the molecule is NC(CO)(CO)CO.[Ru]. The van der Waals surface area contributed by atoms with Gasteiger partial charge in [0.05, 0.1) is 25.4 Å². The van der Waals surface area contributed by atoms with Gasteiger partial charge in [-0.25, -0.2) is 0 Å². The summed E-state index contributed by atoms with van der Waals surface area (Å²) in [5.41, 5.74) is 3.94. The molecule has 0 rings (SSSR count). The van der Waals surface area contributed by atoms with Crippen LogP contribution in [0.2, 0.25) is 0 Å². The molecule has 0 saturated carbocycles. The van der Waals surface area contributed by atoms with Gasteiger partial charge in [-0.3, -0.25) is 0 Å². The van der Waals surface area contributed by atoms with Crippen molar-refractivity contribution in [3.63, 3.8) is 0 Å². The standard InChI is InChI=1S/C4H11NO3.Ru/c5-4(1-6,2-7)3-8;/h6-8H,1-3,5H2;. The second kappa shape index (κ2) is 5.26. The molecular weight excluding hydrogens is 211 g/mol. The molecule has 0 radical (unpaired) electrons. The monoisotopic (exact) mass is 223 g/mol. The zero-order valence-electron chi connectivity index (χ0n) is 4.89. The Morgan fingerprint density at radius 2 is 1.22 bits per heavy atom. The molecule has 58 valence electrons. The molecule has 0 bridgehead atoms. The van der Waals surface area contributed by atoms with Gasteiger partial charge in [0.15, 0.2) is 0 Å². The van der Waals surface area contributed by atoms with Crippen molar-refractivity contribution < 1.29 is 34.8 Å². The Labute approximate surface area is 66.4 Å². The molecule has 0 unspecified atom stereocenters. The van der Waals surface area contributed by atoms with E-state index in [1.165, 1.54) is 0 Å². The minimum absolute atomic E-state index is 0. The predicted molar refractivity (Wildman–Crippen MR) is 28.2 cm³/mol. The van der Waals surface area contributed by atoms with Gasteiger partial charge in [-0.15, -0.1) is 0 Å². The van der Waals surface area contributed by atoms with Crippen molar-refractivity contribution in [3.8, 4) is 0 Å². The van der Waals surface area contributed by atoms with E-state index in [9.17, 15) is 0 Å². The van der Waals surface area contributed by atoms with Gasteiger partial charge in [0.1, 0.15) is 0 Å². The third-order valence-electron chi connectivity index (χ3n) is 0.945. The van der Waals surface area contributed by atoms with Crippen molar-refractivity contribution in [2.24, 2.45) is 5.73 Å². The van der Waals surface area contributed by atoms with Gasteiger partial charge in [0.2, 0.25) is 0 Å². The Bertz CT molecular complexity index is 58.6. The molecule has 4 nitrogen and oxygen atoms in total. The van der Waals surface area contributed by atoms with Gasteiger partial charge in [-0.1, -0.05) is 0 Å². The third kappa shape index (κ3) is 3.95. The van der Waals surface area contributed by atoms with E-state index in [1.807, 2.05) is 0 Å². The van der Waals surface area contributed by atoms with Crippen LogP contribution in [0.25, 0.3) is 0 Å². The second-order valence-corrected chi connectivity index (χ2v) is 1.84. The topological polar surface area (TPSA) is 86.7 Å². The van der Waals surface area contributed by atoms with Crippen molar-refractivity contribution in [1.29, 1.82) is 0 Å². The maximum atomic E-state index is 8.34. The Balaban J connectivity index is 0. The van der Waals surface area contributed by atoms with Crippen LogP contribution in [0.5, 0.6) is 0 Å². The first-order valence-electron chi connectivity index (χ1n) is 2.30. The zero-order valence-corrected chi connectivity index (χ0v) is 6.63. The number of hydrogen-bond donors (Lipinski definition) is 4. The van der Waals surface area contributed by atoms with E-state index in [0.29, 0.717) is 0 Å². The van der Waals surface area contributed by atoms with E-state index in [-0.39, 0.29) is 19.5 Å². The van der Waals surface area contributed by atoms with Crippen LogP contribution in [0.1, 0.15) is 0 Å². The molecule has 0 spiro atoms. The average Bonchev–Trinajstić information content (AvgIpc) is 1.87. The maximum absolute atomic E-state index is 8.34. The Kier molecular flexibility index (Phi) is 7.12. The number of nitrogens with two attached hydrogens (primary N) is 1. The maximum Gasteiger partial charge on any atom is 0.0856 e. The molecule has 0 fully saturated rings. The molecule has 0 saturated heterocycles. The zero-order chi connectivity index (χ0) is 6.62. The molecule has 5 N–H and O–H groups in total. The summed E-state index contributed by atoms with van der Waals surface area (Å²) < 4.78 is 0. The van der Waals surface area contributed by atoms with E-state index in [4.69, 9.17) is 21.1 Å². The summed E-state index contributed by atoms with van der Waals surface area (Å²) in [5, 5.41) is 25.0. The van der Waals surface area contributed by atoms with Crippen molar-refractivity contribution in [3.05, 3.63) is 0 Å². The van der Waals surface area contributed by atoms with E-state index in [1.54, 1.807) is 0 Å². The summed E-state index contributed by atoms with van der Waals surface area (Å²) in [5.74, 6) is 0. The van der Waals surface area contributed by atoms with Crippen molar-refractivity contribution in [2.45, 2.75) is 5.54 Å². The fourth-order valence-corrected chi connectivity index (χ4v) is 0.150. The van der Waals surface area contributed by atoms with E-state index in [2.05, 4.69) is 0 Å². The van der Waals surface area contributed by atoms with Gasteiger partial charge in [-0.2, -0.15) is 0 Å². The first kappa shape index (κ1) is 12.2. The van der Waals surface area contributed by atoms with Gasteiger partial charge >= 0.3 is 0 Å². The number of aliphatic hydroxyl groups excluding tert-OH is 3. The fraction of sp³-hybridized carbons (Fsp3) is 1.00. The van der Waals surface area contributed by atoms with Crippen LogP contribution in [0.15, 0.2) is 0 Å². The van der Waals surface area contributed by atoms with Crippen LogP contribution in [-0.2, 0) is 19.5 Å². The number of rotatable bonds is 3. The van der Waals surface area contributed by atoms with Crippen LogP contribution in [0.3, 0.4) is 0 Å². The molecule has 0 aliphatic heterocycles. The average molecular weight is 222 g/mol. The van der Waals surface area contributed by atoms with Crippen molar-refractivity contribution in [2.75, 3.05) is 19.8 Å². The summed E-state index contributed by atoms with van der Waals surface area (Å²) in [6, 6.07) is 0. The number of hydrogen-bond acceptors (Lipinski definition) is 4. The molecular formula is C4H11NO3Ru. The van der Waals surface area contributed by atoms with E-state index < -0.39 is 25.4 Å². The van der Waals surface area contributed by atoms with Crippen LogP contribution in [0.4, 0.5) is 0 Å². The van der Waals surface area contributed by atoms with Crippen molar-refractivity contribution in [1.82, 2.24) is 0 Å². The quantitative estimate of drug-likeness (QED) is 0.403. The van der Waals surface area contributed by atoms with Gasteiger partial charge in [0.25, 0.3) is 0 Å². The second-order valence-electron chi connectivity index (χ2n) is 1.84. The molecule has 0 aromatic carbocycles. The minimum Gasteiger partial charge on any atom is -0.394 e. The van der Waals surface area contributed by atoms with Crippen LogP contribution < -0.4 is 5.73 Å². The number of aliphatic hydroxyl groups is 3. The van der Waals surface area contributed by atoms with Crippen LogP contribution in [0, 0.1) is 0 Å². The Morgan fingerprint density at radius 3 is 1.22 bits per heavy atom. The Hall–Kier alpha value is 0.463. The van der Waals surface area contributed by atoms with Gasteiger partial charge in [0, 0.05) is 19.5 Å². The van der Waals surface area contributed by atoms with Gasteiger partial charge < -0.3 is 21.1 Å². The van der Waals surface area contributed by atoms with E-state index in [0.717, 1.165) is 0 Å². The predicted octanol–water partition coefficient (Wildman–Crippen LogP) is -2.34. The first-order chi connectivity index (χ1) is 3.68. The molecule has 0 aromatic rings. The fourth-order valence-electron chi connectivity index (χ4n) is 0.150. The van der Waals surface area contributed by atoms with Crippen molar-refractivity contribution >= 4 is 0 Å². The summed E-state index contributed by atoms with van der Waals surface area (Å²) in [4.78, 5) is 0. The molecule has 0 atom stereocenters. The molecule has 0 aliphatic carbocycles. The molecule has 0 amide bonds. The summed E-state index contributed by atoms with van der Waals surface area (Å²) in [6.45, 7) is -1.21. The summed E-state index contributed by atoms with van der Waals surface area (Å²) >= 11 is 0. The Morgan fingerprint density at radius 1 is 1.00 bits per heavy atom. The largest absolute Gasteiger partial charge is 0.394 e. The van der Waals surface area contributed by atoms with Crippen LogP contribution in [-0.4, -0.2) is 40.7 Å². The smallest absolute Gasteiger partial charge is 0.0856 e. The first-order valence-corrected chi connectivity index (χ1v) is 2.30. The minimum atomic E-state index is -1.21. The normalized spacial score (nSPS) is 10.7. The molecule has 0 aliphatic rings.